The lowest BCUT2D eigenvalue weighted by Gasteiger charge is -2.11. The van der Waals surface area contributed by atoms with Gasteiger partial charge in [-0.15, -0.1) is 0 Å². The van der Waals surface area contributed by atoms with Gasteiger partial charge in [-0.05, 0) is 42.5 Å². The van der Waals surface area contributed by atoms with E-state index in [2.05, 4.69) is 21.2 Å². The Morgan fingerprint density at radius 1 is 1.08 bits per heavy atom. The molecule has 0 aromatic heterocycles. The Hall–Kier alpha value is -2.55. The minimum absolute atomic E-state index is 0.0110. The van der Waals surface area contributed by atoms with Crippen LogP contribution in [0.3, 0.4) is 0 Å². The molecule has 24 heavy (non-hydrogen) atoms. The van der Waals surface area contributed by atoms with Crippen molar-refractivity contribution < 1.29 is 27.5 Å². The maximum Gasteiger partial charge on any atom is 0.416 e. The van der Waals surface area contributed by atoms with Gasteiger partial charge in [0.2, 0.25) is 0 Å². The normalized spacial score (nSPS) is 11.0. The van der Waals surface area contributed by atoms with Gasteiger partial charge in [0, 0.05) is 4.47 Å². The summed E-state index contributed by atoms with van der Waals surface area (Å²) in [5, 5.41) is 2.26. The van der Waals surface area contributed by atoms with Crippen LogP contribution in [0.25, 0.3) is 0 Å². The number of halogens is 4. The second-order valence-corrected chi connectivity index (χ2v) is 5.51. The van der Waals surface area contributed by atoms with Crippen LogP contribution >= 0.6 is 15.9 Å². The molecule has 0 aliphatic heterocycles. The number of primary amides is 1. The van der Waals surface area contributed by atoms with Crippen molar-refractivity contribution in [2.75, 3.05) is 5.32 Å². The number of alkyl halides is 3. The van der Waals surface area contributed by atoms with Crippen LogP contribution in [0.15, 0.2) is 46.9 Å². The largest absolute Gasteiger partial charge is 0.423 e. The Bertz CT molecular complexity index is 777. The first kappa shape index (κ1) is 17.8. The van der Waals surface area contributed by atoms with Gasteiger partial charge in [-0.1, -0.05) is 15.9 Å². The fourth-order valence-electron chi connectivity index (χ4n) is 1.80. The fourth-order valence-corrected chi connectivity index (χ4v) is 2.16. The van der Waals surface area contributed by atoms with Crippen LogP contribution in [-0.2, 0) is 6.18 Å². The minimum atomic E-state index is -4.48. The predicted molar refractivity (Wildman–Crippen MR) is 83.8 cm³/mol. The van der Waals surface area contributed by atoms with Crippen molar-refractivity contribution in [2.24, 2.45) is 5.73 Å². The molecule has 0 aliphatic carbocycles. The van der Waals surface area contributed by atoms with Crippen molar-refractivity contribution >= 4 is 33.6 Å². The second-order valence-electron chi connectivity index (χ2n) is 4.59. The number of amides is 2. The number of nitrogens with two attached hydrogens (primary N) is 1. The van der Waals surface area contributed by atoms with Crippen molar-refractivity contribution in [3.8, 4) is 5.75 Å². The topological polar surface area (TPSA) is 81.4 Å². The van der Waals surface area contributed by atoms with Crippen LogP contribution in [0.2, 0.25) is 0 Å². The number of nitrogens with one attached hydrogen (secondary N) is 1. The number of hydrogen-bond acceptors (Lipinski definition) is 3. The standard InChI is InChI=1S/C15H10BrF3N2O3/c16-9-3-6-12(21-14(20)23)11(7-9)13(22)24-10-4-1-8(2-5-10)15(17,18)19/h1-7H,(H3,20,21,23). The van der Waals surface area contributed by atoms with Crippen molar-refractivity contribution in [3.05, 3.63) is 58.1 Å². The highest BCUT2D eigenvalue weighted by molar-refractivity contribution is 9.10. The molecule has 0 bridgehead atoms. The third-order valence-electron chi connectivity index (χ3n) is 2.85. The van der Waals surface area contributed by atoms with Gasteiger partial charge in [-0.25, -0.2) is 9.59 Å². The molecule has 126 valence electrons. The van der Waals surface area contributed by atoms with Crippen molar-refractivity contribution in [1.82, 2.24) is 0 Å². The van der Waals surface area contributed by atoms with Crippen LogP contribution in [0.1, 0.15) is 15.9 Å². The first-order chi connectivity index (χ1) is 11.2. The minimum Gasteiger partial charge on any atom is -0.423 e. The number of hydrogen-bond donors (Lipinski definition) is 2. The number of esters is 1. The molecule has 0 heterocycles. The average Bonchev–Trinajstić information content (AvgIpc) is 2.48. The number of carbonyl (C=O) groups is 2. The fraction of sp³-hybridized carbons (Fsp3) is 0.0667. The lowest BCUT2D eigenvalue weighted by atomic mass is 10.1. The quantitative estimate of drug-likeness (QED) is 0.596. The van der Waals surface area contributed by atoms with Gasteiger partial charge in [0.05, 0.1) is 16.8 Å². The highest BCUT2D eigenvalue weighted by atomic mass is 79.9. The molecular formula is C15H10BrF3N2O3. The third-order valence-corrected chi connectivity index (χ3v) is 3.34. The van der Waals surface area contributed by atoms with Gasteiger partial charge >= 0.3 is 18.2 Å². The Morgan fingerprint density at radius 2 is 1.71 bits per heavy atom. The number of carbonyl (C=O) groups excluding carboxylic acids is 2. The Morgan fingerprint density at radius 3 is 2.25 bits per heavy atom. The van der Waals surface area contributed by atoms with E-state index in [1.165, 1.54) is 12.1 Å². The molecule has 0 atom stereocenters. The highest BCUT2D eigenvalue weighted by Crippen LogP contribution is 2.30. The Balaban J connectivity index is 2.23. The van der Waals surface area contributed by atoms with E-state index in [0.717, 1.165) is 24.3 Å². The molecule has 2 aromatic rings. The monoisotopic (exact) mass is 402 g/mol. The summed E-state index contributed by atoms with van der Waals surface area (Å²) in [6.45, 7) is 0. The number of ether oxygens (including phenoxy) is 1. The summed E-state index contributed by atoms with van der Waals surface area (Å²) in [5.41, 5.74) is 4.26. The molecule has 0 saturated carbocycles. The van der Waals surface area contributed by atoms with E-state index < -0.39 is 23.7 Å². The summed E-state index contributed by atoms with van der Waals surface area (Å²) in [6, 6.07) is 7.16. The van der Waals surface area contributed by atoms with E-state index >= 15 is 0 Å². The number of rotatable bonds is 3. The zero-order valence-corrected chi connectivity index (χ0v) is 13.4. The van der Waals surface area contributed by atoms with Crippen LogP contribution < -0.4 is 15.8 Å². The smallest absolute Gasteiger partial charge is 0.416 e. The number of benzene rings is 2. The van der Waals surface area contributed by atoms with Gasteiger partial charge in [0.25, 0.3) is 0 Å². The number of anilines is 1. The predicted octanol–water partition coefficient (Wildman–Crippen LogP) is 4.18. The lowest BCUT2D eigenvalue weighted by Crippen LogP contribution is -2.22. The van der Waals surface area contributed by atoms with Gasteiger partial charge < -0.3 is 15.8 Å². The first-order valence-electron chi connectivity index (χ1n) is 6.42. The van der Waals surface area contributed by atoms with Crippen LogP contribution in [-0.4, -0.2) is 12.0 Å². The maximum absolute atomic E-state index is 12.5. The lowest BCUT2D eigenvalue weighted by molar-refractivity contribution is -0.137. The van der Waals surface area contributed by atoms with Gasteiger partial charge in [-0.3, -0.25) is 0 Å². The summed E-state index contributed by atoms with van der Waals surface area (Å²) in [4.78, 5) is 23.2. The maximum atomic E-state index is 12.5. The van der Waals surface area contributed by atoms with E-state index in [-0.39, 0.29) is 17.0 Å². The Labute approximate surface area is 142 Å². The molecule has 5 nitrogen and oxygen atoms in total. The first-order valence-corrected chi connectivity index (χ1v) is 7.21. The number of urea groups is 1. The van der Waals surface area contributed by atoms with E-state index in [1.54, 1.807) is 6.07 Å². The van der Waals surface area contributed by atoms with E-state index in [4.69, 9.17) is 10.5 Å². The average molecular weight is 403 g/mol. The van der Waals surface area contributed by atoms with Crippen molar-refractivity contribution in [2.45, 2.75) is 6.18 Å². The zero-order valence-electron chi connectivity index (χ0n) is 11.9. The highest BCUT2D eigenvalue weighted by Gasteiger charge is 2.30. The molecule has 0 unspecified atom stereocenters. The summed E-state index contributed by atoms with van der Waals surface area (Å²) in [7, 11) is 0. The molecule has 0 saturated heterocycles. The van der Waals surface area contributed by atoms with Crippen LogP contribution in [0.5, 0.6) is 5.75 Å². The molecule has 2 aromatic carbocycles. The molecule has 3 N–H and O–H groups in total. The van der Waals surface area contributed by atoms with E-state index in [9.17, 15) is 22.8 Å². The molecule has 9 heteroatoms. The summed E-state index contributed by atoms with van der Waals surface area (Å²) in [5.74, 6) is -0.933. The molecule has 0 fully saturated rings. The van der Waals surface area contributed by atoms with Gasteiger partial charge in [0.1, 0.15) is 5.75 Å². The summed E-state index contributed by atoms with van der Waals surface area (Å²) in [6.07, 6.45) is -4.48. The van der Waals surface area contributed by atoms with Gasteiger partial charge in [0.15, 0.2) is 0 Å². The zero-order chi connectivity index (χ0) is 17.9. The summed E-state index contributed by atoms with van der Waals surface area (Å²) < 4.78 is 43.1. The molecule has 2 amide bonds. The van der Waals surface area contributed by atoms with E-state index in [0.29, 0.717) is 4.47 Å². The van der Waals surface area contributed by atoms with Gasteiger partial charge in [-0.2, -0.15) is 13.2 Å². The van der Waals surface area contributed by atoms with Crippen LogP contribution in [0.4, 0.5) is 23.7 Å². The third kappa shape index (κ3) is 4.48. The van der Waals surface area contributed by atoms with Crippen LogP contribution in [0, 0.1) is 0 Å². The molecule has 0 radical (unpaired) electrons. The molecular weight excluding hydrogens is 393 g/mol. The summed E-state index contributed by atoms with van der Waals surface area (Å²) >= 11 is 3.17. The van der Waals surface area contributed by atoms with Crippen molar-refractivity contribution in [1.29, 1.82) is 0 Å². The SMILES string of the molecule is NC(=O)Nc1ccc(Br)cc1C(=O)Oc1ccc(C(F)(F)F)cc1. The Kier molecular flexibility index (Phi) is 5.13. The van der Waals surface area contributed by atoms with E-state index in [1.807, 2.05) is 0 Å². The second kappa shape index (κ2) is 6.91. The molecule has 0 spiro atoms. The molecule has 2 rings (SSSR count). The molecule has 0 aliphatic rings. The van der Waals surface area contributed by atoms with Crippen molar-refractivity contribution in [3.63, 3.8) is 0 Å².